The summed E-state index contributed by atoms with van der Waals surface area (Å²) >= 11 is 0. The number of aryl methyl sites for hydroxylation is 1. The average molecular weight is 239 g/mol. The maximum absolute atomic E-state index is 14.2. The van der Waals surface area contributed by atoms with Crippen molar-refractivity contribution in [3.63, 3.8) is 0 Å². The van der Waals surface area contributed by atoms with Gasteiger partial charge in [-0.15, -0.1) is 0 Å². The normalized spacial score (nSPS) is 21.7. The van der Waals surface area contributed by atoms with E-state index in [0.29, 0.717) is 0 Å². The van der Waals surface area contributed by atoms with Crippen molar-refractivity contribution >= 4 is 6.08 Å². The highest BCUT2D eigenvalue weighted by atomic mass is 19.1. The molecule has 0 saturated heterocycles. The van der Waals surface area contributed by atoms with Gasteiger partial charge in [-0.1, -0.05) is 48.0 Å². The summed E-state index contributed by atoms with van der Waals surface area (Å²) in [7, 11) is 0. The molecule has 1 nitrogen and oxygen atoms in total. The zero-order valence-corrected chi connectivity index (χ0v) is 10.2. The van der Waals surface area contributed by atoms with Crippen LogP contribution in [0.15, 0.2) is 53.5 Å². The van der Waals surface area contributed by atoms with Crippen molar-refractivity contribution in [3.05, 3.63) is 70.2 Å². The second kappa shape index (κ2) is 4.37. The van der Waals surface area contributed by atoms with Crippen LogP contribution in [0.4, 0.5) is 4.39 Å². The Morgan fingerprint density at radius 1 is 1.06 bits per heavy atom. The second-order valence-corrected chi connectivity index (χ2v) is 4.66. The van der Waals surface area contributed by atoms with E-state index in [1.54, 1.807) is 6.08 Å². The Morgan fingerprint density at radius 2 is 1.89 bits per heavy atom. The third-order valence-electron chi connectivity index (χ3n) is 3.24. The van der Waals surface area contributed by atoms with Crippen molar-refractivity contribution in [2.75, 3.05) is 0 Å². The van der Waals surface area contributed by atoms with E-state index in [2.05, 4.69) is 4.99 Å². The van der Waals surface area contributed by atoms with E-state index in [1.165, 1.54) is 0 Å². The molecule has 0 fully saturated rings. The molecule has 0 aliphatic carbocycles. The third-order valence-corrected chi connectivity index (χ3v) is 3.24. The lowest BCUT2D eigenvalue weighted by Crippen LogP contribution is -2.33. The molecule has 0 amide bonds. The fourth-order valence-electron chi connectivity index (χ4n) is 2.34. The first-order valence-electron chi connectivity index (χ1n) is 6.09. The zero-order chi connectivity index (χ0) is 12.5. The Kier molecular flexibility index (Phi) is 2.71. The SMILES string of the molecule is Cc1cccc(C2N=c3ccccc3=CC2F)c1. The lowest BCUT2D eigenvalue weighted by Gasteiger charge is -2.18. The Hall–Kier alpha value is -1.96. The van der Waals surface area contributed by atoms with Crippen LogP contribution in [0.2, 0.25) is 0 Å². The second-order valence-electron chi connectivity index (χ2n) is 4.66. The maximum Gasteiger partial charge on any atom is 0.146 e. The van der Waals surface area contributed by atoms with Crippen molar-refractivity contribution in [2.24, 2.45) is 4.99 Å². The highest BCUT2D eigenvalue weighted by Gasteiger charge is 2.22. The van der Waals surface area contributed by atoms with Gasteiger partial charge in [0.2, 0.25) is 0 Å². The van der Waals surface area contributed by atoms with Gasteiger partial charge in [0.15, 0.2) is 0 Å². The number of para-hydroxylation sites is 1. The fraction of sp³-hybridized carbons (Fsp3) is 0.188. The van der Waals surface area contributed by atoms with E-state index >= 15 is 0 Å². The van der Waals surface area contributed by atoms with Gasteiger partial charge in [-0.3, -0.25) is 4.99 Å². The number of benzene rings is 2. The minimum absolute atomic E-state index is 0.417. The average Bonchev–Trinajstić information content (AvgIpc) is 2.38. The number of hydrogen-bond acceptors (Lipinski definition) is 1. The number of halogens is 1. The van der Waals surface area contributed by atoms with Gasteiger partial charge in [-0.2, -0.15) is 0 Å². The molecule has 18 heavy (non-hydrogen) atoms. The molecular formula is C16H14FN. The standard InChI is InChI=1S/C16H14FN/c1-11-5-4-7-13(9-11)16-14(17)10-12-6-2-3-8-15(12)18-16/h2-10,14,16H,1H3. The molecule has 0 bridgehead atoms. The van der Waals surface area contributed by atoms with E-state index in [-0.39, 0.29) is 0 Å². The fourth-order valence-corrected chi connectivity index (χ4v) is 2.34. The largest absolute Gasteiger partial charge is 0.273 e. The van der Waals surface area contributed by atoms with Crippen LogP contribution in [0.3, 0.4) is 0 Å². The quantitative estimate of drug-likeness (QED) is 0.725. The lowest BCUT2D eigenvalue weighted by molar-refractivity contribution is 0.356. The molecule has 0 radical (unpaired) electrons. The Balaban J connectivity index is 2.13. The summed E-state index contributed by atoms with van der Waals surface area (Å²) in [5.74, 6) is 0. The Bertz CT molecular complexity index is 690. The van der Waals surface area contributed by atoms with Gasteiger partial charge in [0, 0.05) is 0 Å². The molecule has 0 N–H and O–H groups in total. The maximum atomic E-state index is 14.2. The topological polar surface area (TPSA) is 12.4 Å². The van der Waals surface area contributed by atoms with Crippen molar-refractivity contribution in [1.29, 1.82) is 0 Å². The van der Waals surface area contributed by atoms with Crippen LogP contribution in [0.1, 0.15) is 17.2 Å². The number of fused-ring (bicyclic) bond motifs is 1. The number of alkyl halides is 1. The summed E-state index contributed by atoms with van der Waals surface area (Å²) in [6, 6.07) is 15.2. The highest BCUT2D eigenvalue weighted by molar-refractivity contribution is 5.37. The van der Waals surface area contributed by atoms with Gasteiger partial charge in [-0.25, -0.2) is 4.39 Å². The number of hydrogen-bond donors (Lipinski definition) is 0. The molecule has 3 rings (SSSR count). The van der Waals surface area contributed by atoms with Crippen molar-refractivity contribution in [3.8, 4) is 0 Å². The Labute approximate surface area is 105 Å². The van der Waals surface area contributed by atoms with Crippen LogP contribution in [0.25, 0.3) is 6.08 Å². The predicted octanol–water partition coefficient (Wildman–Crippen LogP) is 2.49. The van der Waals surface area contributed by atoms with Gasteiger partial charge in [0.05, 0.1) is 5.36 Å². The molecule has 0 aromatic heterocycles. The summed E-state index contributed by atoms with van der Waals surface area (Å²) in [6.45, 7) is 2.01. The molecule has 90 valence electrons. The summed E-state index contributed by atoms with van der Waals surface area (Å²) in [5.41, 5.74) is 2.07. The molecule has 2 heteroatoms. The van der Waals surface area contributed by atoms with Crippen LogP contribution in [0.5, 0.6) is 0 Å². The molecule has 1 aliphatic rings. The minimum atomic E-state index is -1.05. The van der Waals surface area contributed by atoms with Crippen LogP contribution in [-0.2, 0) is 0 Å². The molecule has 2 unspecified atom stereocenters. The zero-order valence-electron chi connectivity index (χ0n) is 10.2. The van der Waals surface area contributed by atoms with Gasteiger partial charge >= 0.3 is 0 Å². The molecule has 2 aromatic rings. The van der Waals surface area contributed by atoms with Crippen molar-refractivity contribution < 1.29 is 4.39 Å². The van der Waals surface area contributed by atoms with Crippen LogP contribution >= 0.6 is 0 Å². The van der Waals surface area contributed by atoms with Gasteiger partial charge in [0.25, 0.3) is 0 Å². The summed E-state index contributed by atoms with van der Waals surface area (Å²) in [5, 5.41) is 1.76. The van der Waals surface area contributed by atoms with E-state index in [9.17, 15) is 4.39 Å². The number of nitrogens with zero attached hydrogens (tertiary/aromatic N) is 1. The van der Waals surface area contributed by atoms with Crippen molar-refractivity contribution in [2.45, 2.75) is 19.1 Å². The van der Waals surface area contributed by atoms with E-state index in [0.717, 1.165) is 21.7 Å². The summed E-state index contributed by atoms with van der Waals surface area (Å²) in [4.78, 5) is 4.53. The van der Waals surface area contributed by atoms with E-state index in [1.807, 2.05) is 55.5 Å². The third kappa shape index (κ3) is 1.94. The highest BCUT2D eigenvalue weighted by Crippen LogP contribution is 2.25. The first kappa shape index (κ1) is 11.1. The molecule has 0 saturated carbocycles. The first-order chi connectivity index (χ1) is 8.74. The molecule has 1 aliphatic heterocycles. The smallest absolute Gasteiger partial charge is 0.146 e. The van der Waals surface area contributed by atoms with Crippen LogP contribution in [-0.4, -0.2) is 6.17 Å². The molecule has 0 spiro atoms. The summed E-state index contributed by atoms with van der Waals surface area (Å²) in [6.07, 6.45) is 0.608. The van der Waals surface area contributed by atoms with E-state index < -0.39 is 12.2 Å². The molecule has 1 heterocycles. The monoisotopic (exact) mass is 239 g/mol. The van der Waals surface area contributed by atoms with Gasteiger partial charge in [0.1, 0.15) is 12.2 Å². The van der Waals surface area contributed by atoms with E-state index in [4.69, 9.17) is 0 Å². The summed E-state index contributed by atoms with van der Waals surface area (Å²) < 4.78 is 14.2. The number of rotatable bonds is 1. The molecule has 2 atom stereocenters. The van der Waals surface area contributed by atoms with Crippen molar-refractivity contribution in [1.82, 2.24) is 0 Å². The van der Waals surface area contributed by atoms with Crippen LogP contribution < -0.4 is 10.6 Å². The van der Waals surface area contributed by atoms with Gasteiger partial charge < -0.3 is 0 Å². The predicted molar refractivity (Wildman–Crippen MR) is 70.5 cm³/mol. The lowest BCUT2D eigenvalue weighted by atomic mass is 9.98. The molecular weight excluding hydrogens is 225 g/mol. The first-order valence-corrected chi connectivity index (χ1v) is 6.09. The van der Waals surface area contributed by atoms with Gasteiger partial charge in [-0.05, 0) is 29.8 Å². The van der Waals surface area contributed by atoms with Crippen LogP contribution in [0, 0.1) is 6.92 Å². The Morgan fingerprint density at radius 3 is 2.72 bits per heavy atom. The minimum Gasteiger partial charge on any atom is -0.273 e. The molecule has 2 aromatic carbocycles.